The summed E-state index contributed by atoms with van der Waals surface area (Å²) in [4.78, 5) is 27.2. The third-order valence-electron chi connectivity index (χ3n) is 4.84. The molecular weight excluding hydrogens is 444 g/mol. The van der Waals surface area contributed by atoms with Gasteiger partial charge in [0.15, 0.2) is 6.61 Å². The first-order chi connectivity index (χ1) is 14.1. The number of rotatable bonds is 8. The molecule has 0 fully saturated rings. The third-order valence-corrected chi connectivity index (χ3v) is 6.09. The summed E-state index contributed by atoms with van der Waals surface area (Å²) < 4.78 is 6.82. The lowest BCUT2D eigenvalue weighted by atomic mass is 10.1. The Kier molecular flexibility index (Phi) is 8.47. The highest BCUT2D eigenvalue weighted by atomic mass is 79.9. The van der Waals surface area contributed by atoms with E-state index < -0.39 is 6.04 Å². The molecule has 0 aliphatic heterocycles. The maximum absolute atomic E-state index is 13.1. The van der Waals surface area contributed by atoms with Gasteiger partial charge in [-0.25, -0.2) is 0 Å². The zero-order chi connectivity index (χ0) is 22.4. The highest BCUT2D eigenvalue weighted by Gasteiger charge is 2.27. The summed E-state index contributed by atoms with van der Waals surface area (Å²) in [5.74, 6) is 0.220. The molecule has 0 spiro atoms. The molecule has 0 aromatic heterocycles. The van der Waals surface area contributed by atoms with Crippen LogP contribution in [0.15, 0.2) is 40.9 Å². The van der Waals surface area contributed by atoms with E-state index in [9.17, 15) is 9.59 Å². The summed E-state index contributed by atoms with van der Waals surface area (Å²) in [6.45, 7) is 11.7. The summed E-state index contributed by atoms with van der Waals surface area (Å²) >= 11 is 3.54. The van der Waals surface area contributed by atoms with E-state index in [-0.39, 0.29) is 24.5 Å². The first-order valence-electron chi connectivity index (χ1n) is 10.1. The van der Waals surface area contributed by atoms with E-state index in [1.54, 1.807) is 11.8 Å². The lowest BCUT2D eigenvalue weighted by Gasteiger charge is -2.29. The van der Waals surface area contributed by atoms with Gasteiger partial charge in [0.25, 0.3) is 5.91 Å². The Labute approximate surface area is 187 Å². The zero-order valence-electron chi connectivity index (χ0n) is 18.6. The quantitative estimate of drug-likeness (QED) is 0.603. The Morgan fingerprint density at radius 2 is 1.60 bits per heavy atom. The van der Waals surface area contributed by atoms with Crippen molar-refractivity contribution in [3.8, 4) is 5.75 Å². The van der Waals surface area contributed by atoms with Crippen LogP contribution < -0.4 is 10.1 Å². The van der Waals surface area contributed by atoms with E-state index in [2.05, 4.69) is 21.2 Å². The number of nitrogens with one attached hydrogen (secondary N) is 1. The first-order valence-corrected chi connectivity index (χ1v) is 10.9. The Morgan fingerprint density at radius 3 is 2.13 bits per heavy atom. The predicted molar refractivity (Wildman–Crippen MR) is 124 cm³/mol. The molecule has 0 saturated heterocycles. The first kappa shape index (κ1) is 23.9. The van der Waals surface area contributed by atoms with Crippen molar-refractivity contribution in [2.24, 2.45) is 0 Å². The molecule has 2 aromatic carbocycles. The van der Waals surface area contributed by atoms with Crippen LogP contribution in [-0.2, 0) is 16.1 Å². The summed E-state index contributed by atoms with van der Waals surface area (Å²) in [7, 11) is 0. The van der Waals surface area contributed by atoms with Crippen molar-refractivity contribution < 1.29 is 14.3 Å². The van der Waals surface area contributed by atoms with Gasteiger partial charge in [-0.2, -0.15) is 0 Å². The van der Waals surface area contributed by atoms with Gasteiger partial charge in [-0.05, 0) is 70.4 Å². The number of aryl methyl sites for hydroxylation is 3. The lowest BCUT2D eigenvalue weighted by molar-refractivity contribution is -0.142. The van der Waals surface area contributed by atoms with Gasteiger partial charge in [-0.1, -0.05) is 45.8 Å². The number of nitrogens with zero attached hydrogens (tertiary/aromatic N) is 1. The number of halogens is 1. The summed E-state index contributed by atoms with van der Waals surface area (Å²) in [6, 6.07) is 11.1. The molecule has 0 aliphatic carbocycles. The van der Waals surface area contributed by atoms with Crippen LogP contribution in [0.1, 0.15) is 43.0 Å². The summed E-state index contributed by atoms with van der Waals surface area (Å²) in [5, 5.41) is 2.89. The minimum absolute atomic E-state index is 0.00115. The van der Waals surface area contributed by atoms with Gasteiger partial charge in [0.1, 0.15) is 11.8 Å². The third kappa shape index (κ3) is 6.59. The van der Waals surface area contributed by atoms with Crippen LogP contribution >= 0.6 is 15.9 Å². The van der Waals surface area contributed by atoms with Crippen molar-refractivity contribution in [2.75, 3.05) is 6.61 Å². The van der Waals surface area contributed by atoms with E-state index in [0.717, 1.165) is 26.7 Å². The summed E-state index contributed by atoms with van der Waals surface area (Å²) in [6.07, 6.45) is 0. The number of amides is 2. The number of carbonyl (C=O) groups is 2. The van der Waals surface area contributed by atoms with Crippen LogP contribution in [0.4, 0.5) is 0 Å². The Balaban J connectivity index is 2.18. The van der Waals surface area contributed by atoms with E-state index in [1.807, 2.05) is 71.0 Å². The largest absolute Gasteiger partial charge is 0.484 e. The molecule has 0 heterocycles. The van der Waals surface area contributed by atoms with Crippen molar-refractivity contribution in [1.29, 1.82) is 0 Å². The molecule has 30 heavy (non-hydrogen) atoms. The molecule has 0 radical (unpaired) electrons. The van der Waals surface area contributed by atoms with Gasteiger partial charge in [0.05, 0.1) is 0 Å². The van der Waals surface area contributed by atoms with Crippen molar-refractivity contribution in [2.45, 2.75) is 60.2 Å². The minimum Gasteiger partial charge on any atom is -0.484 e. The van der Waals surface area contributed by atoms with Crippen molar-refractivity contribution >= 4 is 27.7 Å². The average molecular weight is 475 g/mol. The molecule has 5 nitrogen and oxygen atoms in total. The average Bonchev–Trinajstić information content (AvgIpc) is 2.68. The standard InChI is InChI=1S/C24H31BrN2O3/c1-15(2)26-24(29)19(6)27(13-20-9-7-16(3)8-10-20)22(28)14-30-21-11-17(4)23(25)18(5)12-21/h7-12,15,19H,13-14H2,1-6H3,(H,26,29)/t19-/m1/s1. The normalized spacial score (nSPS) is 11.9. The smallest absolute Gasteiger partial charge is 0.261 e. The molecule has 6 heteroatoms. The van der Waals surface area contributed by atoms with Crippen molar-refractivity contribution in [3.05, 3.63) is 63.1 Å². The molecular formula is C24H31BrN2O3. The highest BCUT2D eigenvalue weighted by Crippen LogP contribution is 2.26. The summed E-state index contributed by atoms with van der Waals surface area (Å²) in [5.41, 5.74) is 4.19. The molecule has 0 bridgehead atoms. The van der Waals surface area contributed by atoms with Gasteiger partial charge in [-0.3, -0.25) is 9.59 Å². The number of carbonyl (C=O) groups excluding carboxylic acids is 2. The number of ether oxygens (including phenoxy) is 1. The number of benzene rings is 2. The zero-order valence-corrected chi connectivity index (χ0v) is 20.2. The topological polar surface area (TPSA) is 58.6 Å². The maximum Gasteiger partial charge on any atom is 0.261 e. The SMILES string of the molecule is Cc1ccc(CN(C(=O)COc2cc(C)c(Br)c(C)c2)[C@H](C)C(=O)NC(C)C)cc1. The van der Waals surface area contributed by atoms with Crippen LogP contribution in [0.25, 0.3) is 0 Å². The molecule has 0 aliphatic rings. The lowest BCUT2D eigenvalue weighted by Crippen LogP contribution is -2.50. The Hall–Kier alpha value is -2.34. The maximum atomic E-state index is 13.1. The van der Waals surface area contributed by atoms with Gasteiger partial charge in [0.2, 0.25) is 5.91 Å². The van der Waals surface area contributed by atoms with Gasteiger partial charge in [-0.15, -0.1) is 0 Å². The minimum atomic E-state index is -0.613. The molecule has 2 amide bonds. The van der Waals surface area contributed by atoms with E-state index in [1.165, 1.54) is 0 Å². The number of hydrogen-bond acceptors (Lipinski definition) is 3. The van der Waals surface area contributed by atoms with Crippen LogP contribution in [0.3, 0.4) is 0 Å². The van der Waals surface area contributed by atoms with Gasteiger partial charge < -0.3 is 15.0 Å². The van der Waals surface area contributed by atoms with Crippen LogP contribution in [0.2, 0.25) is 0 Å². The second-order valence-electron chi connectivity index (χ2n) is 8.01. The second kappa shape index (κ2) is 10.6. The Bertz CT molecular complexity index is 871. The molecule has 1 atom stereocenters. The van der Waals surface area contributed by atoms with Crippen molar-refractivity contribution in [1.82, 2.24) is 10.2 Å². The van der Waals surface area contributed by atoms with Crippen LogP contribution in [-0.4, -0.2) is 35.4 Å². The monoisotopic (exact) mass is 474 g/mol. The van der Waals surface area contributed by atoms with Crippen LogP contribution in [0, 0.1) is 20.8 Å². The molecule has 0 saturated carbocycles. The van der Waals surface area contributed by atoms with Gasteiger partial charge >= 0.3 is 0 Å². The molecule has 2 aromatic rings. The van der Waals surface area contributed by atoms with E-state index in [4.69, 9.17) is 4.74 Å². The second-order valence-corrected chi connectivity index (χ2v) is 8.80. The fourth-order valence-corrected chi connectivity index (χ4v) is 3.32. The molecule has 162 valence electrons. The predicted octanol–water partition coefficient (Wildman–Crippen LogP) is 4.70. The van der Waals surface area contributed by atoms with E-state index in [0.29, 0.717) is 12.3 Å². The van der Waals surface area contributed by atoms with Gasteiger partial charge in [0, 0.05) is 17.1 Å². The van der Waals surface area contributed by atoms with Crippen molar-refractivity contribution in [3.63, 3.8) is 0 Å². The van der Waals surface area contributed by atoms with Crippen LogP contribution in [0.5, 0.6) is 5.75 Å². The Morgan fingerprint density at radius 1 is 1.03 bits per heavy atom. The fourth-order valence-electron chi connectivity index (χ4n) is 3.10. The number of hydrogen-bond donors (Lipinski definition) is 1. The highest BCUT2D eigenvalue weighted by molar-refractivity contribution is 9.10. The molecule has 0 unspecified atom stereocenters. The van der Waals surface area contributed by atoms with E-state index >= 15 is 0 Å². The molecule has 2 rings (SSSR count). The molecule has 1 N–H and O–H groups in total. The fraction of sp³-hybridized carbons (Fsp3) is 0.417.